The Morgan fingerprint density at radius 2 is 1.86 bits per heavy atom. The van der Waals surface area contributed by atoms with E-state index in [0.29, 0.717) is 60.3 Å². The van der Waals surface area contributed by atoms with Crippen molar-refractivity contribution in [1.29, 1.82) is 0 Å². The molecule has 0 spiro atoms. The smallest absolute Gasteiger partial charge is 0.429 e. The van der Waals surface area contributed by atoms with E-state index in [2.05, 4.69) is 4.90 Å². The minimum atomic E-state index is -0.894. The summed E-state index contributed by atoms with van der Waals surface area (Å²) in [5.74, 6) is 0.287. The molecule has 1 N–H and O–H groups in total. The fourth-order valence-corrected chi connectivity index (χ4v) is 7.91. The number of carbonyl (C=O) groups is 1. The maximum absolute atomic E-state index is 15.1. The van der Waals surface area contributed by atoms with Gasteiger partial charge < -0.3 is 14.6 Å². The van der Waals surface area contributed by atoms with Crippen molar-refractivity contribution in [2.75, 3.05) is 37.8 Å². The lowest BCUT2D eigenvalue weighted by atomic mass is 9.92. The highest BCUT2D eigenvalue weighted by molar-refractivity contribution is 6.02. The van der Waals surface area contributed by atoms with Gasteiger partial charge in [-0.15, -0.1) is 0 Å². The summed E-state index contributed by atoms with van der Waals surface area (Å²) in [7, 11) is 0. The van der Waals surface area contributed by atoms with Crippen LogP contribution in [0, 0.1) is 5.82 Å². The number of hydrazine groups is 1. The zero-order valence-electron chi connectivity index (χ0n) is 28.8. The Balaban J connectivity index is 1.37. The molecule has 3 aliphatic heterocycles. The Morgan fingerprint density at radius 3 is 2.65 bits per heavy atom. The van der Waals surface area contributed by atoms with Crippen LogP contribution in [0.15, 0.2) is 42.5 Å². The van der Waals surface area contributed by atoms with Crippen molar-refractivity contribution < 1.29 is 28.2 Å². The molecule has 0 radical (unpaired) electrons. The molecule has 1 amide bonds. The highest BCUT2D eigenvalue weighted by Gasteiger charge is 2.49. The van der Waals surface area contributed by atoms with Gasteiger partial charge in [-0.3, -0.25) is 9.91 Å². The minimum absolute atomic E-state index is 0.0735. The van der Waals surface area contributed by atoms with Crippen molar-refractivity contribution in [2.24, 2.45) is 0 Å². The topological polar surface area (TPSA) is 91.3 Å². The van der Waals surface area contributed by atoms with E-state index in [1.807, 2.05) is 50.9 Å². The van der Waals surface area contributed by atoms with Crippen molar-refractivity contribution in [2.45, 2.75) is 90.0 Å². The van der Waals surface area contributed by atoms with Crippen LogP contribution in [0.1, 0.15) is 71.8 Å². The van der Waals surface area contributed by atoms with E-state index in [1.165, 1.54) is 6.07 Å². The van der Waals surface area contributed by atoms with Crippen LogP contribution >= 0.6 is 0 Å². The number of rotatable bonds is 6. The first-order valence-electron chi connectivity index (χ1n) is 17.5. The number of phenols is 1. The summed E-state index contributed by atoms with van der Waals surface area (Å²) >= 11 is 0. The summed E-state index contributed by atoms with van der Waals surface area (Å²) in [6, 6.07) is 12.3. The summed E-state index contributed by atoms with van der Waals surface area (Å²) < 4.78 is 41.9. The molecule has 7 rings (SSSR count). The first-order chi connectivity index (χ1) is 23.4. The molecule has 3 fully saturated rings. The molecular weight excluding hydrogens is 628 g/mol. The number of amides is 1. The zero-order chi connectivity index (χ0) is 34.5. The van der Waals surface area contributed by atoms with Gasteiger partial charge in [0.15, 0.2) is 5.82 Å². The molecule has 3 saturated heterocycles. The molecule has 1 aromatic heterocycles. The van der Waals surface area contributed by atoms with Gasteiger partial charge in [0.05, 0.1) is 11.1 Å². The van der Waals surface area contributed by atoms with E-state index in [1.54, 1.807) is 23.2 Å². The predicted octanol–water partition coefficient (Wildman–Crippen LogP) is 7.95. The summed E-state index contributed by atoms with van der Waals surface area (Å²) in [5.41, 5.74) is 1.47. The Labute approximate surface area is 285 Å². The predicted molar refractivity (Wildman–Crippen MR) is 186 cm³/mol. The summed E-state index contributed by atoms with van der Waals surface area (Å²) in [4.78, 5) is 25.6. The molecule has 0 aliphatic carbocycles. The number of phenolic OH excluding ortho intramolecular Hbond substituents is 1. The molecule has 0 bridgehead atoms. The van der Waals surface area contributed by atoms with Crippen molar-refractivity contribution in [3.63, 3.8) is 0 Å². The summed E-state index contributed by atoms with van der Waals surface area (Å²) in [6.45, 7) is 9.95. The third-order valence-corrected chi connectivity index (χ3v) is 10.1. The molecular formula is C38H45F2N5O4. The average Bonchev–Trinajstić information content (AvgIpc) is 3.45. The van der Waals surface area contributed by atoms with Gasteiger partial charge in [0, 0.05) is 31.4 Å². The molecule has 3 aliphatic rings. The van der Waals surface area contributed by atoms with E-state index in [9.17, 15) is 14.3 Å². The van der Waals surface area contributed by atoms with Gasteiger partial charge in [0.25, 0.3) is 0 Å². The van der Waals surface area contributed by atoms with Crippen LogP contribution in [0.4, 0.5) is 19.4 Å². The molecule has 49 heavy (non-hydrogen) atoms. The van der Waals surface area contributed by atoms with E-state index in [-0.39, 0.29) is 24.2 Å². The van der Waals surface area contributed by atoms with Crippen molar-refractivity contribution in [1.82, 2.24) is 19.9 Å². The van der Waals surface area contributed by atoms with Gasteiger partial charge >= 0.3 is 12.1 Å². The van der Waals surface area contributed by atoms with Crippen LogP contribution in [-0.4, -0.2) is 81.2 Å². The fourth-order valence-electron chi connectivity index (χ4n) is 7.91. The third-order valence-electron chi connectivity index (χ3n) is 10.1. The molecule has 4 heterocycles. The average molecular weight is 674 g/mol. The minimum Gasteiger partial charge on any atom is -0.508 e. The maximum Gasteiger partial charge on any atom is 0.429 e. The zero-order valence-corrected chi connectivity index (χ0v) is 28.8. The second kappa shape index (κ2) is 12.9. The standard InChI is InChI=1S/C38H45F2N5O4/c1-5-28-31(40)13-11-25-18-27(46)20-30(33(25)28)24-10-12-29-32(19-24)41-35(48-23-38-14-9-15-43(38)22-26(39)21-38)42-34(29)44-16-7-6-8-17-45(44)36(47)49-37(2,3)4/h10-13,18-20,26,46H,5-9,14-17,21-23H2,1-4H3/t26-,38+/m1/s1. The number of carbonyl (C=O) groups excluding carboxylic acids is 1. The molecule has 9 nitrogen and oxygen atoms in total. The molecule has 260 valence electrons. The molecule has 0 saturated carbocycles. The molecule has 11 heteroatoms. The van der Waals surface area contributed by atoms with Crippen LogP contribution in [0.5, 0.6) is 11.8 Å². The van der Waals surface area contributed by atoms with Crippen LogP contribution in [0.3, 0.4) is 0 Å². The SMILES string of the molecule is CCc1c(F)ccc2cc(O)cc(-c3ccc4c(N5CCCCCN5C(=O)OC(C)(C)C)nc(OC[C@@]56CCCN5C[C@H](F)C6)nc4c3)c12. The third kappa shape index (κ3) is 6.45. The Morgan fingerprint density at radius 1 is 1.04 bits per heavy atom. The van der Waals surface area contributed by atoms with Crippen molar-refractivity contribution >= 4 is 33.6 Å². The number of aromatic nitrogens is 2. The monoisotopic (exact) mass is 673 g/mol. The number of halogens is 2. The summed E-state index contributed by atoms with van der Waals surface area (Å²) in [6.07, 6.45) is 3.97. The van der Waals surface area contributed by atoms with Crippen LogP contribution in [0.25, 0.3) is 32.8 Å². The Kier molecular flexibility index (Phi) is 8.75. The van der Waals surface area contributed by atoms with Gasteiger partial charge in [-0.05, 0) is 124 Å². The highest BCUT2D eigenvalue weighted by atomic mass is 19.1. The van der Waals surface area contributed by atoms with Crippen LogP contribution in [0.2, 0.25) is 0 Å². The number of hydrogen-bond donors (Lipinski definition) is 1. The van der Waals surface area contributed by atoms with Gasteiger partial charge in [0.2, 0.25) is 0 Å². The second-order valence-electron chi connectivity index (χ2n) is 14.7. The van der Waals surface area contributed by atoms with Crippen LogP contribution in [-0.2, 0) is 11.2 Å². The molecule has 2 atom stereocenters. The quantitative estimate of drug-likeness (QED) is 0.221. The largest absolute Gasteiger partial charge is 0.508 e. The maximum atomic E-state index is 15.1. The number of aryl methyl sites for hydroxylation is 1. The number of anilines is 1. The van der Waals surface area contributed by atoms with Gasteiger partial charge in [-0.1, -0.05) is 19.1 Å². The Hall–Kier alpha value is -4.25. The second-order valence-corrected chi connectivity index (χ2v) is 14.7. The lowest BCUT2D eigenvalue weighted by molar-refractivity contribution is 0.0232. The van der Waals surface area contributed by atoms with E-state index in [0.717, 1.165) is 55.0 Å². The number of alkyl halides is 1. The van der Waals surface area contributed by atoms with Crippen molar-refractivity contribution in [3.8, 4) is 22.9 Å². The number of benzene rings is 3. The highest BCUT2D eigenvalue weighted by Crippen LogP contribution is 2.42. The molecule has 4 aromatic rings. The lowest BCUT2D eigenvalue weighted by Crippen LogP contribution is -2.49. The van der Waals surface area contributed by atoms with Gasteiger partial charge in [-0.25, -0.2) is 18.6 Å². The van der Waals surface area contributed by atoms with Gasteiger partial charge in [-0.2, -0.15) is 9.97 Å². The van der Waals surface area contributed by atoms with Gasteiger partial charge in [0.1, 0.15) is 29.9 Å². The molecule has 0 unspecified atom stereocenters. The fraction of sp³-hybridized carbons (Fsp3) is 0.500. The van der Waals surface area contributed by atoms with E-state index < -0.39 is 23.4 Å². The number of hydrogen-bond acceptors (Lipinski definition) is 8. The first-order valence-corrected chi connectivity index (χ1v) is 17.5. The van der Waals surface area contributed by atoms with Crippen molar-refractivity contribution in [3.05, 3.63) is 53.8 Å². The van der Waals surface area contributed by atoms with Crippen LogP contribution < -0.4 is 9.75 Å². The summed E-state index contributed by atoms with van der Waals surface area (Å²) in [5, 5.41) is 16.4. The molecule has 3 aromatic carbocycles. The normalized spacial score (nSPS) is 21.7. The number of nitrogens with zero attached hydrogens (tertiary/aromatic N) is 5. The van der Waals surface area contributed by atoms with E-state index >= 15 is 4.39 Å². The number of ether oxygens (including phenoxy) is 2. The Bertz CT molecular complexity index is 1900. The number of aromatic hydroxyl groups is 1. The van der Waals surface area contributed by atoms with E-state index in [4.69, 9.17) is 19.4 Å². The first kappa shape index (κ1) is 33.3. The lowest BCUT2D eigenvalue weighted by Gasteiger charge is -2.36. The number of fused-ring (bicyclic) bond motifs is 3.